The van der Waals surface area contributed by atoms with Crippen molar-refractivity contribution in [2.24, 2.45) is 16.0 Å². The Balaban J connectivity index is 1.50. The lowest BCUT2D eigenvalue weighted by Crippen LogP contribution is -2.70. The molecule has 0 bridgehead atoms. The Bertz CT molecular complexity index is 1020. The summed E-state index contributed by atoms with van der Waals surface area (Å²) in [5.74, 6) is -0.555. The molecule has 12 N–H and O–H groups in total. The summed E-state index contributed by atoms with van der Waals surface area (Å²) < 4.78 is 28.5. The van der Waals surface area contributed by atoms with Gasteiger partial charge in [-0.1, -0.05) is 0 Å². The van der Waals surface area contributed by atoms with E-state index in [2.05, 4.69) is 20.9 Å². The molecule has 0 radical (unpaired) electrons. The van der Waals surface area contributed by atoms with Gasteiger partial charge in [0.2, 0.25) is 5.91 Å². The van der Waals surface area contributed by atoms with Crippen molar-refractivity contribution in [1.29, 1.82) is 0 Å². The van der Waals surface area contributed by atoms with Crippen molar-refractivity contribution in [1.82, 2.24) is 10.6 Å². The number of carbonyl (C=O) groups excluding carboxylic acids is 2. The molecule has 0 aliphatic carbocycles. The first kappa shape index (κ1) is 36.0. The smallest absolute Gasteiger partial charge is 0.220 e. The number of rotatable bonds is 14. The molecule has 15 unspecified atom stereocenters. The second-order valence-corrected chi connectivity index (χ2v) is 11.6. The quantitative estimate of drug-likeness (QED) is 0.0776. The van der Waals surface area contributed by atoms with Crippen LogP contribution in [0.4, 0.5) is 0 Å². The predicted octanol–water partition coefficient (Wildman–Crippen LogP) is -6.72. The van der Waals surface area contributed by atoms with Gasteiger partial charge in [0, 0.05) is 12.8 Å². The second-order valence-electron chi connectivity index (χ2n) is 11.6. The first-order valence-corrected chi connectivity index (χ1v) is 14.5. The number of nitrogens with one attached hydrogen (secondary N) is 2. The van der Waals surface area contributed by atoms with Gasteiger partial charge in [0.05, 0.1) is 38.4 Å². The SMILES string of the molecule is CC1(CCC(=O)NC2C(O)OC(CO)C(OC3OC(CO)C(OC4OC(CO)C(O)C(O)C4N)C(O)C3NCC=O)C2O)N=N1. The van der Waals surface area contributed by atoms with Crippen LogP contribution in [0.25, 0.3) is 0 Å². The number of aliphatic hydroxyl groups is 8. The molecule has 3 saturated heterocycles. The molecule has 15 atom stereocenters. The number of ether oxygens (including phenoxy) is 5. The van der Waals surface area contributed by atoms with Gasteiger partial charge in [0.1, 0.15) is 67.3 Å². The van der Waals surface area contributed by atoms with Gasteiger partial charge in [0.25, 0.3) is 0 Å². The molecule has 0 spiro atoms. The highest BCUT2D eigenvalue weighted by Gasteiger charge is 2.53. The van der Waals surface area contributed by atoms with Gasteiger partial charge in [-0.05, 0) is 6.92 Å². The van der Waals surface area contributed by atoms with Crippen molar-refractivity contribution in [3.63, 3.8) is 0 Å². The van der Waals surface area contributed by atoms with Crippen LogP contribution in [0.15, 0.2) is 10.2 Å². The minimum absolute atomic E-state index is 0.0347. The molecule has 45 heavy (non-hydrogen) atoms. The molecule has 0 aromatic rings. The zero-order valence-corrected chi connectivity index (χ0v) is 24.4. The summed E-state index contributed by atoms with van der Waals surface area (Å²) in [5, 5.41) is 95.8. The molecule has 0 aromatic carbocycles. The van der Waals surface area contributed by atoms with E-state index in [0.717, 1.165) is 0 Å². The minimum Gasteiger partial charge on any atom is -0.394 e. The number of hydrogen-bond acceptors (Lipinski definition) is 19. The van der Waals surface area contributed by atoms with Gasteiger partial charge in [-0.15, -0.1) is 0 Å². The third kappa shape index (κ3) is 8.17. The summed E-state index contributed by atoms with van der Waals surface area (Å²) in [6.07, 6.45) is -17.5. The molecule has 3 fully saturated rings. The fourth-order valence-electron chi connectivity index (χ4n) is 5.49. The van der Waals surface area contributed by atoms with E-state index >= 15 is 0 Å². The molecule has 4 aliphatic rings. The summed E-state index contributed by atoms with van der Waals surface area (Å²) in [7, 11) is 0. The maximum Gasteiger partial charge on any atom is 0.220 e. The molecular formula is C25H43N5O15. The number of aldehydes is 1. The number of carbonyl (C=O) groups is 2. The topological polar surface area (TPSA) is 317 Å². The highest BCUT2D eigenvalue weighted by atomic mass is 16.7. The van der Waals surface area contributed by atoms with Crippen molar-refractivity contribution < 1.29 is 74.1 Å². The Morgan fingerprint density at radius 1 is 0.844 bits per heavy atom. The third-order valence-corrected chi connectivity index (χ3v) is 8.27. The van der Waals surface area contributed by atoms with Gasteiger partial charge in [-0.2, -0.15) is 10.2 Å². The van der Waals surface area contributed by atoms with Crippen molar-refractivity contribution in [3.8, 4) is 0 Å². The van der Waals surface area contributed by atoms with Gasteiger partial charge in [-0.3, -0.25) is 4.79 Å². The van der Waals surface area contributed by atoms with Crippen LogP contribution in [0, 0.1) is 0 Å². The Labute approximate surface area is 257 Å². The molecule has 4 aliphatic heterocycles. The predicted molar refractivity (Wildman–Crippen MR) is 143 cm³/mol. The van der Waals surface area contributed by atoms with Crippen LogP contribution in [-0.2, 0) is 33.3 Å². The molecule has 1 amide bonds. The normalized spacial score (nSPS) is 44.4. The fraction of sp³-hybridized carbons (Fsp3) is 0.920. The molecule has 0 aromatic heterocycles. The Morgan fingerprint density at radius 3 is 1.98 bits per heavy atom. The Hall–Kier alpha value is -1.86. The van der Waals surface area contributed by atoms with Crippen LogP contribution in [0.3, 0.4) is 0 Å². The van der Waals surface area contributed by atoms with Crippen molar-refractivity contribution >= 4 is 12.2 Å². The van der Waals surface area contributed by atoms with E-state index in [1.165, 1.54) is 0 Å². The fourth-order valence-corrected chi connectivity index (χ4v) is 5.49. The van der Waals surface area contributed by atoms with E-state index in [4.69, 9.17) is 29.4 Å². The highest BCUT2D eigenvalue weighted by Crippen LogP contribution is 2.33. The van der Waals surface area contributed by atoms with E-state index in [9.17, 15) is 50.4 Å². The average Bonchev–Trinajstić information content (AvgIpc) is 3.77. The molecule has 4 rings (SSSR count). The minimum atomic E-state index is -1.74. The largest absolute Gasteiger partial charge is 0.394 e. The number of amides is 1. The summed E-state index contributed by atoms with van der Waals surface area (Å²) in [5.41, 5.74) is 5.30. The van der Waals surface area contributed by atoms with Crippen LogP contribution < -0.4 is 16.4 Å². The van der Waals surface area contributed by atoms with E-state index in [0.29, 0.717) is 12.7 Å². The van der Waals surface area contributed by atoms with E-state index in [1.807, 2.05) is 0 Å². The lowest BCUT2D eigenvalue weighted by molar-refractivity contribution is -0.351. The van der Waals surface area contributed by atoms with Crippen LogP contribution in [0.2, 0.25) is 0 Å². The molecule has 4 heterocycles. The number of nitrogens with zero attached hydrogens (tertiary/aromatic N) is 2. The highest BCUT2D eigenvalue weighted by molar-refractivity contribution is 5.76. The standard InChI is InChI=1S/C25H43N5O15/c1-25(29-30-25)3-2-12(35)28-14-18(38)20(10(7-33)41-22(14)40)45-24-15(27-4-5-31)19(39)21(11(8-34)43-24)44-23-13(26)17(37)16(36)9(6-32)42-23/h5,9-11,13-24,27,32-34,36-40H,2-4,6-8,26H2,1H3,(H,28,35). The Morgan fingerprint density at radius 2 is 1.40 bits per heavy atom. The summed E-state index contributed by atoms with van der Waals surface area (Å²) in [6.45, 7) is -0.839. The van der Waals surface area contributed by atoms with Gasteiger partial charge >= 0.3 is 0 Å². The van der Waals surface area contributed by atoms with Crippen molar-refractivity contribution in [2.45, 2.75) is 117 Å². The van der Waals surface area contributed by atoms with Crippen LogP contribution in [0.5, 0.6) is 0 Å². The van der Waals surface area contributed by atoms with Crippen LogP contribution >= 0.6 is 0 Å². The zero-order chi connectivity index (χ0) is 33.1. The zero-order valence-electron chi connectivity index (χ0n) is 24.4. The molecule has 20 heteroatoms. The molecule has 258 valence electrons. The Kier molecular flexibility index (Phi) is 12.3. The van der Waals surface area contributed by atoms with Gasteiger partial charge < -0.3 is 85.7 Å². The lowest BCUT2D eigenvalue weighted by Gasteiger charge is -2.49. The molecule has 20 nitrogen and oxygen atoms in total. The average molecular weight is 654 g/mol. The summed E-state index contributed by atoms with van der Waals surface area (Å²) in [4.78, 5) is 23.8. The molecule has 0 saturated carbocycles. The number of aliphatic hydroxyl groups excluding tert-OH is 8. The molecular weight excluding hydrogens is 610 g/mol. The first-order valence-electron chi connectivity index (χ1n) is 14.5. The maximum atomic E-state index is 12.6. The van der Waals surface area contributed by atoms with Crippen LogP contribution in [-0.4, -0.2) is 177 Å². The van der Waals surface area contributed by atoms with Crippen molar-refractivity contribution in [2.75, 3.05) is 26.4 Å². The summed E-state index contributed by atoms with van der Waals surface area (Å²) >= 11 is 0. The first-order chi connectivity index (χ1) is 21.4. The summed E-state index contributed by atoms with van der Waals surface area (Å²) in [6, 6.07) is -4.08. The van der Waals surface area contributed by atoms with Gasteiger partial charge in [0.15, 0.2) is 24.5 Å². The van der Waals surface area contributed by atoms with E-state index in [1.54, 1.807) is 6.92 Å². The number of hydrogen-bond donors (Lipinski definition) is 11. The van der Waals surface area contributed by atoms with Crippen LogP contribution in [0.1, 0.15) is 19.8 Å². The van der Waals surface area contributed by atoms with Crippen molar-refractivity contribution in [3.05, 3.63) is 0 Å². The van der Waals surface area contributed by atoms with Gasteiger partial charge in [-0.25, -0.2) is 0 Å². The maximum absolute atomic E-state index is 12.6. The number of nitrogens with two attached hydrogens (primary N) is 1. The van der Waals surface area contributed by atoms with E-state index in [-0.39, 0.29) is 13.0 Å². The van der Waals surface area contributed by atoms with E-state index < -0.39 is 123 Å². The lowest BCUT2D eigenvalue weighted by atomic mass is 9.93. The second kappa shape index (κ2) is 15.4. The monoisotopic (exact) mass is 653 g/mol. The third-order valence-electron chi connectivity index (χ3n) is 8.27.